The van der Waals surface area contributed by atoms with E-state index < -0.39 is 9.84 Å². The molecule has 0 radical (unpaired) electrons. The highest BCUT2D eigenvalue weighted by Crippen LogP contribution is 2.39. The molecule has 1 saturated heterocycles. The lowest BCUT2D eigenvalue weighted by atomic mass is 10.2. The number of methoxy groups -OCH3 is 1. The Balaban J connectivity index is 0.00000400. The Hall–Kier alpha value is -1.95. The zero-order valence-corrected chi connectivity index (χ0v) is 24.7. The van der Waals surface area contributed by atoms with Gasteiger partial charge in [0.2, 0.25) is 5.91 Å². The van der Waals surface area contributed by atoms with Crippen LogP contribution in [0.1, 0.15) is 24.8 Å². The summed E-state index contributed by atoms with van der Waals surface area (Å²) in [5, 5.41) is 1.08. The maximum Gasteiger partial charge on any atom is 0.228 e. The first-order valence-corrected chi connectivity index (χ1v) is 15.2. The third-order valence-corrected chi connectivity index (χ3v) is 9.70. The number of sulfone groups is 1. The summed E-state index contributed by atoms with van der Waals surface area (Å²) in [4.78, 5) is 22.4. The quantitative estimate of drug-likeness (QED) is 0.305. The normalized spacial score (nSPS) is 14.3. The predicted molar refractivity (Wildman–Crippen MR) is 155 cm³/mol. The van der Waals surface area contributed by atoms with Crippen molar-refractivity contribution in [2.75, 3.05) is 57.2 Å². The summed E-state index contributed by atoms with van der Waals surface area (Å²) < 4.78 is 37.1. The molecule has 0 aliphatic carbocycles. The number of aryl methyl sites for hydroxylation is 1. The van der Waals surface area contributed by atoms with Crippen LogP contribution in [0.25, 0.3) is 10.2 Å². The van der Waals surface area contributed by atoms with Gasteiger partial charge in [0.05, 0.1) is 40.7 Å². The molecule has 208 valence electrons. The van der Waals surface area contributed by atoms with E-state index in [4.69, 9.17) is 26.1 Å². The van der Waals surface area contributed by atoms with Gasteiger partial charge < -0.3 is 9.47 Å². The molecule has 1 aliphatic heterocycles. The zero-order valence-electron chi connectivity index (χ0n) is 21.5. The first kappa shape index (κ1) is 30.6. The maximum atomic E-state index is 13.4. The van der Waals surface area contributed by atoms with Crippen LogP contribution in [0.3, 0.4) is 0 Å². The number of aromatic nitrogens is 1. The van der Waals surface area contributed by atoms with Crippen LogP contribution in [0.5, 0.6) is 5.75 Å². The molecular formula is C26H33Cl2N3O5S2. The monoisotopic (exact) mass is 601 g/mol. The molecule has 0 bridgehead atoms. The highest BCUT2D eigenvalue weighted by molar-refractivity contribution is 7.91. The van der Waals surface area contributed by atoms with Crippen LogP contribution in [0.15, 0.2) is 41.3 Å². The molecule has 2 heterocycles. The number of hydrogen-bond acceptors (Lipinski definition) is 8. The van der Waals surface area contributed by atoms with Crippen LogP contribution in [-0.4, -0.2) is 76.5 Å². The molecule has 1 amide bonds. The van der Waals surface area contributed by atoms with E-state index in [0.717, 1.165) is 36.3 Å². The molecule has 1 aliphatic rings. The van der Waals surface area contributed by atoms with E-state index in [2.05, 4.69) is 4.90 Å². The second-order valence-corrected chi connectivity index (χ2v) is 12.5. The van der Waals surface area contributed by atoms with Crippen LogP contribution in [0.2, 0.25) is 5.02 Å². The SMILES string of the molecule is COc1ccc(Cl)c2sc(N(CCCN3CCOCC3)C(=O)CCCS(=O)(=O)c3ccc(C)cc3)nc12.Cl. The van der Waals surface area contributed by atoms with Crippen LogP contribution in [0.4, 0.5) is 5.13 Å². The number of nitrogens with zero attached hydrogens (tertiary/aromatic N) is 3. The number of halogens is 2. The molecule has 0 saturated carbocycles. The third-order valence-electron chi connectivity index (χ3n) is 6.34. The third kappa shape index (κ3) is 7.58. The fourth-order valence-corrected chi connectivity index (χ4v) is 6.85. The van der Waals surface area contributed by atoms with Gasteiger partial charge in [-0.25, -0.2) is 13.4 Å². The summed E-state index contributed by atoms with van der Waals surface area (Å²) in [6.07, 6.45) is 1.08. The Morgan fingerprint density at radius 1 is 1.16 bits per heavy atom. The molecule has 0 atom stereocenters. The van der Waals surface area contributed by atoms with Crippen molar-refractivity contribution < 1.29 is 22.7 Å². The van der Waals surface area contributed by atoms with Gasteiger partial charge in [-0.3, -0.25) is 14.6 Å². The molecule has 2 aromatic carbocycles. The Morgan fingerprint density at radius 3 is 2.55 bits per heavy atom. The summed E-state index contributed by atoms with van der Waals surface area (Å²) in [5.41, 5.74) is 1.61. The first-order valence-electron chi connectivity index (χ1n) is 12.3. The van der Waals surface area contributed by atoms with Gasteiger partial charge in [-0.05, 0) is 44.0 Å². The molecule has 12 heteroatoms. The summed E-state index contributed by atoms with van der Waals surface area (Å²) in [5.74, 6) is 0.338. The average Bonchev–Trinajstić information content (AvgIpc) is 3.33. The van der Waals surface area contributed by atoms with Gasteiger partial charge >= 0.3 is 0 Å². The van der Waals surface area contributed by atoms with Crippen molar-refractivity contribution in [3.05, 3.63) is 47.0 Å². The molecule has 4 rings (SSSR count). The minimum Gasteiger partial charge on any atom is -0.494 e. The minimum absolute atomic E-state index is 0. The fourth-order valence-electron chi connectivity index (χ4n) is 4.24. The van der Waals surface area contributed by atoms with Crippen molar-refractivity contribution in [1.82, 2.24) is 9.88 Å². The molecular weight excluding hydrogens is 569 g/mol. The van der Waals surface area contributed by atoms with E-state index >= 15 is 0 Å². The van der Waals surface area contributed by atoms with Gasteiger partial charge in [-0.15, -0.1) is 12.4 Å². The molecule has 0 N–H and O–H groups in total. The van der Waals surface area contributed by atoms with E-state index in [-0.39, 0.29) is 41.8 Å². The molecule has 1 fully saturated rings. The van der Waals surface area contributed by atoms with Crippen molar-refractivity contribution in [2.45, 2.75) is 31.1 Å². The van der Waals surface area contributed by atoms with Gasteiger partial charge in [0, 0.05) is 32.6 Å². The van der Waals surface area contributed by atoms with Crippen molar-refractivity contribution in [1.29, 1.82) is 0 Å². The molecule has 1 aromatic heterocycles. The highest BCUT2D eigenvalue weighted by atomic mass is 35.5. The molecule has 0 spiro atoms. The van der Waals surface area contributed by atoms with E-state index in [1.807, 2.05) is 6.92 Å². The summed E-state index contributed by atoms with van der Waals surface area (Å²) >= 11 is 7.76. The Bertz CT molecular complexity index is 1330. The van der Waals surface area contributed by atoms with Crippen LogP contribution in [-0.2, 0) is 19.4 Å². The minimum atomic E-state index is -3.47. The summed E-state index contributed by atoms with van der Waals surface area (Å²) in [6, 6.07) is 10.3. The number of morpholine rings is 1. The molecule has 8 nitrogen and oxygen atoms in total. The van der Waals surface area contributed by atoms with E-state index in [1.165, 1.54) is 11.3 Å². The zero-order chi connectivity index (χ0) is 26.4. The Kier molecular flexibility index (Phi) is 11.2. The Morgan fingerprint density at radius 2 is 1.87 bits per heavy atom. The number of anilines is 1. The van der Waals surface area contributed by atoms with Crippen LogP contribution < -0.4 is 9.64 Å². The lowest BCUT2D eigenvalue weighted by Gasteiger charge is -2.27. The lowest BCUT2D eigenvalue weighted by molar-refractivity contribution is -0.118. The van der Waals surface area contributed by atoms with E-state index in [0.29, 0.717) is 41.2 Å². The number of carbonyl (C=O) groups excluding carboxylic acids is 1. The largest absolute Gasteiger partial charge is 0.494 e. The fraction of sp³-hybridized carbons (Fsp3) is 0.462. The number of hydrogen-bond donors (Lipinski definition) is 0. The number of thiazole rings is 1. The average molecular weight is 603 g/mol. The lowest BCUT2D eigenvalue weighted by Crippen LogP contribution is -2.39. The molecule has 0 unspecified atom stereocenters. The number of amides is 1. The number of rotatable bonds is 11. The van der Waals surface area contributed by atoms with E-state index in [1.54, 1.807) is 48.4 Å². The van der Waals surface area contributed by atoms with E-state index in [9.17, 15) is 13.2 Å². The van der Waals surface area contributed by atoms with Crippen molar-refractivity contribution >= 4 is 66.4 Å². The van der Waals surface area contributed by atoms with Crippen LogP contribution >= 0.6 is 35.3 Å². The van der Waals surface area contributed by atoms with Gasteiger partial charge in [0.25, 0.3) is 0 Å². The van der Waals surface area contributed by atoms with Crippen molar-refractivity contribution in [2.24, 2.45) is 0 Å². The molecule has 38 heavy (non-hydrogen) atoms. The van der Waals surface area contributed by atoms with Gasteiger partial charge in [0.15, 0.2) is 15.0 Å². The number of carbonyl (C=O) groups is 1. The number of benzene rings is 2. The van der Waals surface area contributed by atoms with Crippen LogP contribution in [0, 0.1) is 6.92 Å². The highest BCUT2D eigenvalue weighted by Gasteiger charge is 2.23. The summed E-state index contributed by atoms with van der Waals surface area (Å²) in [7, 11) is -1.90. The maximum absolute atomic E-state index is 13.4. The second-order valence-electron chi connectivity index (χ2n) is 9.01. The van der Waals surface area contributed by atoms with Gasteiger partial charge in [-0.1, -0.05) is 40.6 Å². The predicted octanol–water partition coefficient (Wildman–Crippen LogP) is 5.00. The summed E-state index contributed by atoms with van der Waals surface area (Å²) in [6.45, 7) is 6.40. The number of fused-ring (bicyclic) bond motifs is 1. The molecule has 3 aromatic rings. The topological polar surface area (TPSA) is 89.0 Å². The second kappa shape index (κ2) is 13.9. The Labute approximate surface area is 239 Å². The smallest absolute Gasteiger partial charge is 0.228 e. The standard InChI is InChI=1S/C26H32ClN3O5S2.ClH/c1-19-6-8-20(9-7-19)37(32,33)18-3-5-23(31)30(13-4-12-29-14-16-35-17-15-29)26-28-24-22(34-2)11-10-21(27)25(24)36-26;/h6-11H,3-5,12-18H2,1-2H3;1H. The first-order chi connectivity index (χ1) is 17.8. The van der Waals surface area contributed by atoms with Crippen molar-refractivity contribution in [3.63, 3.8) is 0 Å². The number of ether oxygens (including phenoxy) is 2. The van der Waals surface area contributed by atoms with Crippen molar-refractivity contribution in [3.8, 4) is 5.75 Å². The van der Waals surface area contributed by atoms with Gasteiger partial charge in [-0.2, -0.15) is 0 Å². The van der Waals surface area contributed by atoms with Gasteiger partial charge in [0.1, 0.15) is 11.3 Å².